The van der Waals surface area contributed by atoms with E-state index >= 15 is 0 Å². The van der Waals surface area contributed by atoms with Crippen LogP contribution in [-0.4, -0.2) is 48.0 Å². The number of carbonyl (C=O) groups excluding carboxylic acids is 1. The van der Waals surface area contributed by atoms with E-state index in [0.717, 1.165) is 11.1 Å². The van der Waals surface area contributed by atoms with Crippen LogP contribution in [0.3, 0.4) is 0 Å². The highest BCUT2D eigenvalue weighted by molar-refractivity contribution is 6.19. The predicted octanol–water partition coefficient (Wildman–Crippen LogP) is 3.98. The summed E-state index contributed by atoms with van der Waals surface area (Å²) in [5.41, 5.74) is 2.86. The van der Waals surface area contributed by atoms with Gasteiger partial charge in [-0.05, 0) is 54.0 Å². The van der Waals surface area contributed by atoms with Crippen LogP contribution >= 0.6 is 0 Å². The number of amides is 1. The highest BCUT2D eigenvalue weighted by atomic mass is 19.1. The molecule has 1 aliphatic rings. The average molecular weight is 478 g/mol. The summed E-state index contributed by atoms with van der Waals surface area (Å²) >= 11 is 0. The number of aliphatic imine (C=N–C) groups is 1. The number of ether oxygens (including phenoxy) is 1. The normalized spacial score (nSPS) is 13.7. The fourth-order valence-corrected chi connectivity index (χ4v) is 3.98. The predicted molar refractivity (Wildman–Crippen MR) is 130 cm³/mol. The Hall–Kier alpha value is -3.91. The SMILES string of the molecule is COc1ccnc(C[C@H](CCO)NC(=O)c2cccc(F)c2C2=NCC(c3ccc(F)cc3)=C2)c1. The zero-order valence-corrected chi connectivity index (χ0v) is 19.2. The fourth-order valence-electron chi connectivity index (χ4n) is 3.98. The minimum atomic E-state index is -0.568. The molecule has 0 saturated carbocycles. The van der Waals surface area contributed by atoms with E-state index in [0.29, 0.717) is 36.5 Å². The van der Waals surface area contributed by atoms with Crippen molar-refractivity contribution in [1.82, 2.24) is 10.3 Å². The summed E-state index contributed by atoms with van der Waals surface area (Å²) in [6.45, 7) is 0.159. The van der Waals surface area contributed by atoms with Crippen molar-refractivity contribution in [2.45, 2.75) is 18.9 Å². The van der Waals surface area contributed by atoms with Crippen LogP contribution in [0.1, 0.15) is 33.6 Å². The van der Waals surface area contributed by atoms with E-state index in [1.807, 2.05) is 0 Å². The first-order valence-electron chi connectivity index (χ1n) is 11.2. The molecule has 8 heteroatoms. The fraction of sp³-hybridized carbons (Fsp3) is 0.222. The molecule has 2 N–H and O–H groups in total. The number of hydrogen-bond donors (Lipinski definition) is 2. The second-order valence-electron chi connectivity index (χ2n) is 8.11. The molecule has 1 amide bonds. The van der Waals surface area contributed by atoms with Crippen LogP contribution in [0.2, 0.25) is 0 Å². The Morgan fingerprint density at radius 1 is 1.17 bits per heavy atom. The number of aliphatic hydroxyl groups is 1. The monoisotopic (exact) mass is 477 g/mol. The largest absolute Gasteiger partial charge is 0.497 e. The van der Waals surface area contributed by atoms with Gasteiger partial charge in [0.05, 0.1) is 24.9 Å². The lowest BCUT2D eigenvalue weighted by atomic mass is 9.98. The lowest BCUT2D eigenvalue weighted by Crippen LogP contribution is -2.38. The first-order chi connectivity index (χ1) is 17.0. The Bertz CT molecular complexity index is 1270. The van der Waals surface area contributed by atoms with Crippen molar-refractivity contribution in [1.29, 1.82) is 0 Å². The molecule has 1 aromatic heterocycles. The topological polar surface area (TPSA) is 83.8 Å². The summed E-state index contributed by atoms with van der Waals surface area (Å²) in [4.78, 5) is 22.0. The van der Waals surface area contributed by atoms with Crippen molar-refractivity contribution in [3.8, 4) is 5.75 Å². The molecule has 0 saturated heterocycles. The Morgan fingerprint density at radius 2 is 1.97 bits per heavy atom. The maximum Gasteiger partial charge on any atom is 0.252 e. The maximum atomic E-state index is 15.0. The summed E-state index contributed by atoms with van der Waals surface area (Å²) in [6.07, 6.45) is 3.99. The van der Waals surface area contributed by atoms with Gasteiger partial charge in [-0.2, -0.15) is 0 Å². The zero-order chi connectivity index (χ0) is 24.8. The average Bonchev–Trinajstić information content (AvgIpc) is 3.34. The van der Waals surface area contributed by atoms with E-state index in [2.05, 4.69) is 15.3 Å². The molecule has 1 aliphatic heterocycles. The molecule has 2 heterocycles. The van der Waals surface area contributed by atoms with Gasteiger partial charge in [-0.25, -0.2) is 8.78 Å². The van der Waals surface area contributed by atoms with Gasteiger partial charge >= 0.3 is 0 Å². The van der Waals surface area contributed by atoms with Crippen LogP contribution in [0.25, 0.3) is 5.57 Å². The molecule has 180 valence electrons. The minimum absolute atomic E-state index is 0.101. The van der Waals surface area contributed by atoms with Gasteiger partial charge in [-0.15, -0.1) is 0 Å². The van der Waals surface area contributed by atoms with Gasteiger partial charge in [0.1, 0.15) is 17.4 Å². The Kier molecular flexibility index (Phi) is 7.62. The smallest absolute Gasteiger partial charge is 0.252 e. The Balaban J connectivity index is 1.57. The molecule has 6 nitrogen and oxygen atoms in total. The van der Waals surface area contributed by atoms with Crippen molar-refractivity contribution in [2.75, 3.05) is 20.3 Å². The van der Waals surface area contributed by atoms with Crippen LogP contribution < -0.4 is 10.1 Å². The van der Waals surface area contributed by atoms with Crippen LogP contribution in [0.5, 0.6) is 5.75 Å². The minimum Gasteiger partial charge on any atom is -0.497 e. The summed E-state index contributed by atoms with van der Waals surface area (Å²) in [7, 11) is 1.55. The van der Waals surface area contributed by atoms with Gasteiger partial charge in [0.25, 0.3) is 5.91 Å². The van der Waals surface area contributed by atoms with Crippen molar-refractivity contribution in [3.63, 3.8) is 0 Å². The molecule has 2 aromatic carbocycles. The van der Waals surface area contributed by atoms with Gasteiger partial charge < -0.3 is 15.2 Å². The second kappa shape index (κ2) is 11.0. The van der Waals surface area contributed by atoms with Gasteiger partial charge in [-0.3, -0.25) is 14.8 Å². The summed E-state index contributed by atoms with van der Waals surface area (Å²) < 4.78 is 33.5. The van der Waals surface area contributed by atoms with Gasteiger partial charge in [0, 0.05) is 42.6 Å². The molecule has 3 aromatic rings. The number of allylic oxidation sites excluding steroid dienone is 1. The number of pyridine rings is 1. The number of methoxy groups -OCH3 is 1. The van der Waals surface area contributed by atoms with Crippen LogP contribution in [-0.2, 0) is 6.42 Å². The summed E-state index contributed by atoms with van der Waals surface area (Å²) in [5, 5.41) is 12.4. The third kappa shape index (κ3) is 5.78. The van der Waals surface area contributed by atoms with Gasteiger partial charge in [-0.1, -0.05) is 18.2 Å². The summed E-state index contributed by atoms with van der Waals surface area (Å²) in [5.74, 6) is -0.754. The second-order valence-corrected chi connectivity index (χ2v) is 8.11. The number of nitrogens with zero attached hydrogens (tertiary/aromatic N) is 2. The highest BCUT2D eigenvalue weighted by Gasteiger charge is 2.24. The van der Waals surface area contributed by atoms with Crippen molar-refractivity contribution < 1.29 is 23.4 Å². The molecular formula is C27H25F2N3O3. The number of hydrogen-bond acceptors (Lipinski definition) is 5. The first-order valence-corrected chi connectivity index (χ1v) is 11.2. The van der Waals surface area contributed by atoms with E-state index in [9.17, 15) is 18.7 Å². The van der Waals surface area contributed by atoms with E-state index in [1.165, 1.54) is 24.3 Å². The van der Waals surface area contributed by atoms with Crippen molar-refractivity contribution in [3.05, 3.63) is 101 Å². The lowest BCUT2D eigenvalue weighted by molar-refractivity contribution is 0.0929. The van der Waals surface area contributed by atoms with E-state index in [-0.39, 0.29) is 23.6 Å². The molecule has 35 heavy (non-hydrogen) atoms. The van der Waals surface area contributed by atoms with Crippen LogP contribution in [0.15, 0.2) is 71.9 Å². The standard InChI is InChI=1S/C27H25F2N3O3/c1-35-22-9-11-30-21(15-22)14-20(10-12-33)32-27(34)23-3-2-4-24(29)26(23)25-13-18(16-31-25)17-5-7-19(28)8-6-17/h2-9,11,13,15,20,33H,10,12,14,16H2,1H3,(H,32,34)/t20-/m0/s1. The van der Waals surface area contributed by atoms with Gasteiger partial charge in [0.2, 0.25) is 0 Å². The van der Waals surface area contributed by atoms with E-state index < -0.39 is 17.8 Å². The Morgan fingerprint density at radius 3 is 2.71 bits per heavy atom. The molecule has 4 rings (SSSR count). The van der Waals surface area contributed by atoms with Crippen molar-refractivity contribution in [2.24, 2.45) is 4.99 Å². The van der Waals surface area contributed by atoms with Crippen LogP contribution in [0.4, 0.5) is 8.78 Å². The van der Waals surface area contributed by atoms with E-state index in [1.54, 1.807) is 49.7 Å². The zero-order valence-electron chi connectivity index (χ0n) is 19.2. The Labute approximate surface area is 202 Å². The molecule has 0 fully saturated rings. The van der Waals surface area contributed by atoms with Gasteiger partial charge in [0.15, 0.2) is 0 Å². The number of aromatic nitrogens is 1. The number of rotatable bonds is 9. The number of aliphatic hydroxyl groups excluding tert-OH is 1. The molecule has 1 atom stereocenters. The first kappa shape index (κ1) is 24.2. The highest BCUT2D eigenvalue weighted by Crippen LogP contribution is 2.25. The number of halogens is 2. The molecule has 0 unspecified atom stereocenters. The quantitative estimate of drug-likeness (QED) is 0.488. The number of benzene rings is 2. The third-order valence-electron chi connectivity index (χ3n) is 5.75. The lowest BCUT2D eigenvalue weighted by Gasteiger charge is -2.19. The number of nitrogens with one attached hydrogen (secondary N) is 1. The maximum absolute atomic E-state index is 15.0. The molecule has 0 aliphatic carbocycles. The third-order valence-corrected chi connectivity index (χ3v) is 5.75. The molecule has 0 radical (unpaired) electrons. The molecule has 0 spiro atoms. The van der Waals surface area contributed by atoms with E-state index in [4.69, 9.17) is 4.74 Å². The van der Waals surface area contributed by atoms with Crippen molar-refractivity contribution >= 4 is 17.2 Å². The molecular weight excluding hydrogens is 452 g/mol. The number of carbonyl (C=O) groups is 1. The summed E-state index contributed by atoms with van der Waals surface area (Å²) in [6, 6.07) is 13.3. The van der Waals surface area contributed by atoms with Crippen LogP contribution in [0, 0.1) is 11.6 Å². The molecule has 0 bridgehead atoms.